The molecule has 4 rings (SSSR count). The molecule has 168 valence electrons. The number of fused-ring (bicyclic) bond motifs is 1. The predicted octanol–water partition coefficient (Wildman–Crippen LogP) is 1.73. The molecule has 0 saturated carbocycles. The van der Waals surface area contributed by atoms with Crippen molar-refractivity contribution >= 4 is 44.3 Å². The molecule has 12 heteroatoms. The fraction of sp³-hybridized carbons (Fsp3) is 0.350. The summed E-state index contributed by atoms with van der Waals surface area (Å²) >= 11 is 1.16. The molecule has 3 heterocycles. The Morgan fingerprint density at radius 3 is 2.72 bits per heavy atom. The number of amides is 2. The lowest BCUT2D eigenvalue weighted by Crippen LogP contribution is -2.42. The van der Waals surface area contributed by atoms with Crippen LogP contribution in [0.4, 0.5) is 19.6 Å². The van der Waals surface area contributed by atoms with Crippen LogP contribution in [0.2, 0.25) is 0 Å². The van der Waals surface area contributed by atoms with Crippen LogP contribution in [0.15, 0.2) is 29.3 Å². The fourth-order valence-corrected chi connectivity index (χ4v) is 4.64. The molecular formula is C20H20F2N6O3S. The van der Waals surface area contributed by atoms with Crippen LogP contribution in [0.1, 0.15) is 12.8 Å². The van der Waals surface area contributed by atoms with Crippen LogP contribution >= 0.6 is 11.3 Å². The van der Waals surface area contributed by atoms with Gasteiger partial charge in [-0.1, -0.05) is 11.3 Å². The Morgan fingerprint density at radius 2 is 2.00 bits per heavy atom. The number of rotatable bonds is 5. The van der Waals surface area contributed by atoms with Gasteiger partial charge >= 0.3 is 0 Å². The summed E-state index contributed by atoms with van der Waals surface area (Å²) in [4.78, 5) is 47.7. The minimum absolute atomic E-state index is 0.0273. The standard InChI is InChI=1S/C20H20F2N6O3S/c1-23-18(30)11-3-2-4-27(8-11)20-26-17-16(32-20)19(31)28(10-24-17)9-15(29)25-14-6-12(21)5-13(22)7-14/h5-7,10-11H,2-4,8-9H2,1H3,(H,23,30)(H,25,29). The predicted molar refractivity (Wildman–Crippen MR) is 116 cm³/mol. The number of hydrogen-bond donors (Lipinski definition) is 2. The summed E-state index contributed by atoms with van der Waals surface area (Å²) in [5, 5.41) is 5.62. The molecule has 2 N–H and O–H groups in total. The van der Waals surface area contributed by atoms with Gasteiger partial charge < -0.3 is 15.5 Å². The number of aromatic nitrogens is 3. The van der Waals surface area contributed by atoms with Crippen molar-refractivity contribution in [3.05, 3.63) is 46.5 Å². The number of nitrogens with zero attached hydrogens (tertiary/aromatic N) is 4. The molecule has 1 aliphatic rings. The molecule has 0 spiro atoms. The SMILES string of the molecule is CNC(=O)C1CCCN(c2nc3ncn(CC(=O)Nc4cc(F)cc(F)c4)c(=O)c3s2)C1. The van der Waals surface area contributed by atoms with E-state index < -0.39 is 23.1 Å². The molecular weight excluding hydrogens is 442 g/mol. The van der Waals surface area contributed by atoms with Gasteiger partial charge in [0.25, 0.3) is 5.56 Å². The smallest absolute Gasteiger partial charge is 0.273 e. The number of halogens is 2. The molecule has 0 radical (unpaired) electrons. The van der Waals surface area contributed by atoms with Crippen molar-refractivity contribution in [1.82, 2.24) is 19.9 Å². The number of piperidine rings is 1. The van der Waals surface area contributed by atoms with Gasteiger partial charge in [0.15, 0.2) is 10.8 Å². The lowest BCUT2D eigenvalue weighted by Gasteiger charge is -2.31. The average Bonchev–Trinajstić information content (AvgIpc) is 3.20. The van der Waals surface area contributed by atoms with E-state index in [4.69, 9.17) is 0 Å². The normalized spacial score (nSPS) is 16.2. The lowest BCUT2D eigenvalue weighted by molar-refractivity contribution is -0.124. The topological polar surface area (TPSA) is 109 Å². The van der Waals surface area contributed by atoms with E-state index in [9.17, 15) is 23.2 Å². The molecule has 9 nitrogen and oxygen atoms in total. The van der Waals surface area contributed by atoms with Crippen LogP contribution in [0.25, 0.3) is 10.3 Å². The number of carbonyl (C=O) groups is 2. The molecule has 1 fully saturated rings. The van der Waals surface area contributed by atoms with E-state index in [1.54, 1.807) is 7.05 Å². The van der Waals surface area contributed by atoms with Crippen molar-refractivity contribution in [2.45, 2.75) is 19.4 Å². The Hall–Kier alpha value is -3.41. The zero-order chi connectivity index (χ0) is 22.8. The third kappa shape index (κ3) is 4.59. The molecule has 0 aliphatic carbocycles. The van der Waals surface area contributed by atoms with Gasteiger partial charge in [0, 0.05) is 31.9 Å². The second-order valence-corrected chi connectivity index (χ2v) is 8.41. The monoisotopic (exact) mass is 462 g/mol. The van der Waals surface area contributed by atoms with Crippen LogP contribution < -0.4 is 21.1 Å². The maximum absolute atomic E-state index is 13.3. The van der Waals surface area contributed by atoms with Gasteiger partial charge in [0.2, 0.25) is 11.8 Å². The van der Waals surface area contributed by atoms with E-state index in [0.29, 0.717) is 24.3 Å². The number of benzene rings is 1. The third-order valence-corrected chi connectivity index (χ3v) is 6.24. The summed E-state index contributed by atoms with van der Waals surface area (Å²) in [6, 6.07) is 2.65. The Morgan fingerprint density at radius 1 is 1.25 bits per heavy atom. The quantitative estimate of drug-likeness (QED) is 0.598. The van der Waals surface area contributed by atoms with Gasteiger partial charge in [-0.3, -0.25) is 19.0 Å². The molecule has 2 amide bonds. The lowest BCUT2D eigenvalue weighted by atomic mass is 9.98. The van der Waals surface area contributed by atoms with Gasteiger partial charge in [-0.25, -0.2) is 13.8 Å². The van der Waals surface area contributed by atoms with Crippen LogP contribution in [0.5, 0.6) is 0 Å². The number of anilines is 2. The van der Waals surface area contributed by atoms with E-state index in [-0.39, 0.29) is 34.4 Å². The maximum atomic E-state index is 13.3. The van der Waals surface area contributed by atoms with Gasteiger partial charge in [-0.2, -0.15) is 4.98 Å². The highest BCUT2D eigenvalue weighted by Gasteiger charge is 2.27. The van der Waals surface area contributed by atoms with E-state index >= 15 is 0 Å². The van der Waals surface area contributed by atoms with Gasteiger partial charge in [0.1, 0.15) is 29.2 Å². The summed E-state index contributed by atoms with van der Waals surface area (Å²) < 4.78 is 28.0. The molecule has 2 aromatic heterocycles. The van der Waals surface area contributed by atoms with E-state index in [1.165, 1.54) is 6.33 Å². The highest BCUT2D eigenvalue weighted by molar-refractivity contribution is 7.22. The summed E-state index contributed by atoms with van der Waals surface area (Å²) in [5.74, 6) is -2.46. The number of hydrogen-bond acceptors (Lipinski definition) is 7. The van der Waals surface area contributed by atoms with E-state index in [0.717, 1.165) is 40.9 Å². The molecule has 32 heavy (non-hydrogen) atoms. The summed E-state index contributed by atoms with van der Waals surface area (Å²) in [7, 11) is 1.60. The fourth-order valence-electron chi connectivity index (χ4n) is 3.63. The van der Waals surface area contributed by atoms with Crippen molar-refractivity contribution in [1.29, 1.82) is 0 Å². The zero-order valence-corrected chi connectivity index (χ0v) is 17.9. The van der Waals surface area contributed by atoms with Crippen LogP contribution in [-0.2, 0) is 16.1 Å². The van der Waals surface area contributed by atoms with Crippen LogP contribution in [0, 0.1) is 17.6 Å². The Labute approximate surface area is 185 Å². The Kier molecular flexibility index (Phi) is 6.12. The van der Waals surface area contributed by atoms with Crippen LogP contribution in [0.3, 0.4) is 0 Å². The van der Waals surface area contributed by atoms with Gasteiger partial charge in [-0.05, 0) is 25.0 Å². The largest absolute Gasteiger partial charge is 0.359 e. The molecule has 1 unspecified atom stereocenters. The highest BCUT2D eigenvalue weighted by Crippen LogP contribution is 2.29. The van der Waals surface area contributed by atoms with E-state index in [2.05, 4.69) is 20.6 Å². The van der Waals surface area contributed by atoms with E-state index in [1.807, 2.05) is 4.90 Å². The number of nitrogens with one attached hydrogen (secondary N) is 2. The molecule has 1 aromatic carbocycles. The summed E-state index contributed by atoms with van der Waals surface area (Å²) in [6.07, 6.45) is 2.83. The average molecular weight is 462 g/mol. The molecule has 1 aliphatic heterocycles. The maximum Gasteiger partial charge on any atom is 0.273 e. The van der Waals surface area contributed by atoms with Crippen molar-refractivity contribution in [2.75, 3.05) is 30.4 Å². The highest BCUT2D eigenvalue weighted by atomic mass is 32.1. The minimum Gasteiger partial charge on any atom is -0.359 e. The van der Waals surface area contributed by atoms with Crippen molar-refractivity contribution < 1.29 is 18.4 Å². The first-order valence-electron chi connectivity index (χ1n) is 9.92. The van der Waals surface area contributed by atoms with Crippen molar-refractivity contribution in [3.8, 4) is 0 Å². The first kappa shape index (κ1) is 21.8. The second-order valence-electron chi connectivity index (χ2n) is 7.43. The minimum atomic E-state index is -0.825. The Bertz CT molecular complexity index is 1220. The first-order chi connectivity index (χ1) is 15.3. The third-order valence-electron chi connectivity index (χ3n) is 5.14. The van der Waals surface area contributed by atoms with Crippen LogP contribution in [-0.4, -0.2) is 46.5 Å². The molecule has 0 bridgehead atoms. The number of thiazole rings is 1. The summed E-state index contributed by atoms with van der Waals surface area (Å²) in [5.41, 5.74) is -0.231. The zero-order valence-electron chi connectivity index (χ0n) is 17.1. The first-order valence-corrected chi connectivity index (χ1v) is 10.7. The molecule has 1 saturated heterocycles. The molecule has 1 atom stereocenters. The summed E-state index contributed by atoms with van der Waals surface area (Å²) in [6.45, 7) is 0.837. The van der Waals surface area contributed by atoms with Gasteiger partial charge in [-0.15, -0.1) is 0 Å². The van der Waals surface area contributed by atoms with Crippen molar-refractivity contribution in [3.63, 3.8) is 0 Å². The van der Waals surface area contributed by atoms with Crippen molar-refractivity contribution in [2.24, 2.45) is 5.92 Å². The Balaban J connectivity index is 1.52. The number of carbonyl (C=O) groups excluding carboxylic acids is 2. The van der Waals surface area contributed by atoms with Gasteiger partial charge in [0.05, 0.1) is 5.92 Å². The second kappa shape index (κ2) is 8.99. The molecule has 3 aromatic rings.